The summed E-state index contributed by atoms with van der Waals surface area (Å²) < 4.78 is 0.0337. The van der Waals surface area contributed by atoms with Gasteiger partial charge in [0.15, 0.2) is 0 Å². The van der Waals surface area contributed by atoms with Crippen LogP contribution in [0.15, 0.2) is 0 Å². The van der Waals surface area contributed by atoms with Crippen LogP contribution in [0.25, 0.3) is 0 Å². The van der Waals surface area contributed by atoms with Gasteiger partial charge in [0.05, 0.1) is 0 Å². The van der Waals surface area contributed by atoms with Gasteiger partial charge >= 0.3 is 6.09 Å². The van der Waals surface area contributed by atoms with E-state index >= 15 is 0 Å². The summed E-state index contributed by atoms with van der Waals surface area (Å²) in [4.78, 5) is 11.9. The van der Waals surface area contributed by atoms with Crippen molar-refractivity contribution in [2.24, 2.45) is 0 Å². The maximum absolute atomic E-state index is 10.5. The fourth-order valence-electron chi connectivity index (χ4n) is 1.18. The zero-order valence-electron chi connectivity index (χ0n) is 6.58. The van der Waals surface area contributed by atoms with Crippen LogP contribution in [0.5, 0.6) is 0 Å². The molecule has 1 amide bonds. The summed E-state index contributed by atoms with van der Waals surface area (Å²) in [6, 6.07) is 0. The third-order valence-corrected chi connectivity index (χ3v) is 2.56. The third kappa shape index (κ3) is 2.29. The molecule has 0 saturated carbocycles. The lowest BCUT2D eigenvalue weighted by molar-refractivity contribution is 0.131. The second-order valence-electron chi connectivity index (χ2n) is 3.27. The number of carboxylic acid groups (broad SMARTS) is 1. The van der Waals surface area contributed by atoms with Crippen LogP contribution < -0.4 is 0 Å². The van der Waals surface area contributed by atoms with Gasteiger partial charge in [-0.3, -0.25) is 0 Å². The monoisotopic (exact) mass is 175 g/mol. The van der Waals surface area contributed by atoms with Crippen LogP contribution in [0.3, 0.4) is 0 Å². The van der Waals surface area contributed by atoms with Crippen molar-refractivity contribution in [1.29, 1.82) is 0 Å². The van der Waals surface area contributed by atoms with Gasteiger partial charge in [-0.05, 0) is 12.8 Å². The minimum absolute atomic E-state index is 0.0337. The highest BCUT2D eigenvalue weighted by Crippen LogP contribution is 2.27. The molecule has 11 heavy (non-hydrogen) atoms. The van der Waals surface area contributed by atoms with E-state index in [1.165, 1.54) is 4.90 Å². The lowest BCUT2D eigenvalue weighted by Gasteiger charge is -2.34. The van der Waals surface area contributed by atoms with E-state index in [0.717, 1.165) is 12.8 Å². The van der Waals surface area contributed by atoms with Crippen LogP contribution in [0.1, 0.15) is 19.8 Å². The molecule has 0 bridgehead atoms. The molecule has 0 unspecified atom stereocenters. The van der Waals surface area contributed by atoms with Crippen molar-refractivity contribution in [3.63, 3.8) is 0 Å². The van der Waals surface area contributed by atoms with Crippen molar-refractivity contribution in [3.8, 4) is 0 Å². The molecule has 1 aliphatic rings. The summed E-state index contributed by atoms with van der Waals surface area (Å²) in [7, 11) is 0. The number of amides is 1. The minimum atomic E-state index is -0.811. The molecule has 1 fully saturated rings. The standard InChI is InChI=1S/C7H13NO2S/c1-7(11)2-4-8(5-3-7)6(9)10/h11H,2-5H2,1H3,(H,9,10). The number of carbonyl (C=O) groups is 1. The molecule has 0 aromatic heterocycles. The molecule has 0 aromatic rings. The number of piperidine rings is 1. The van der Waals surface area contributed by atoms with E-state index in [9.17, 15) is 4.79 Å². The van der Waals surface area contributed by atoms with Crippen molar-refractivity contribution in [3.05, 3.63) is 0 Å². The maximum atomic E-state index is 10.5. The van der Waals surface area contributed by atoms with E-state index < -0.39 is 6.09 Å². The third-order valence-electron chi connectivity index (χ3n) is 2.11. The summed E-state index contributed by atoms with van der Waals surface area (Å²) in [5.74, 6) is 0. The van der Waals surface area contributed by atoms with E-state index in [0.29, 0.717) is 13.1 Å². The van der Waals surface area contributed by atoms with Gasteiger partial charge in [-0.15, -0.1) is 0 Å². The SMILES string of the molecule is CC1(S)CCN(C(=O)O)CC1. The first-order valence-corrected chi connectivity index (χ1v) is 4.16. The number of hydrogen-bond acceptors (Lipinski definition) is 2. The molecule has 0 aromatic carbocycles. The molecule has 4 heteroatoms. The summed E-state index contributed by atoms with van der Waals surface area (Å²) in [5, 5.41) is 8.61. The van der Waals surface area contributed by atoms with Crippen molar-refractivity contribution in [2.75, 3.05) is 13.1 Å². The van der Waals surface area contributed by atoms with Crippen LogP contribution in [0, 0.1) is 0 Å². The Kier molecular flexibility index (Phi) is 2.32. The van der Waals surface area contributed by atoms with Crippen molar-refractivity contribution in [2.45, 2.75) is 24.5 Å². The lowest BCUT2D eigenvalue weighted by atomic mass is 9.98. The molecule has 1 saturated heterocycles. The number of likely N-dealkylation sites (tertiary alicyclic amines) is 1. The molecule has 1 aliphatic heterocycles. The van der Waals surface area contributed by atoms with Crippen molar-refractivity contribution < 1.29 is 9.90 Å². The fourth-order valence-corrected chi connectivity index (χ4v) is 1.38. The van der Waals surface area contributed by atoms with Crippen LogP contribution >= 0.6 is 12.6 Å². The Morgan fingerprint density at radius 2 is 2.00 bits per heavy atom. The summed E-state index contributed by atoms with van der Waals surface area (Å²) in [6.07, 6.45) is 0.888. The van der Waals surface area contributed by atoms with Crippen LogP contribution in [-0.2, 0) is 0 Å². The zero-order valence-corrected chi connectivity index (χ0v) is 7.47. The molecule has 64 valence electrons. The highest BCUT2D eigenvalue weighted by atomic mass is 32.1. The smallest absolute Gasteiger partial charge is 0.407 e. The van der Waals surface area contributed by atoms with Crippen molar-refractivity contribution >= 4 is 18.7 Å². The second-order valence-corrected chi connectivity index (χ2v) is 4.35. The lowest BCUT2D eigenvalue weighted by Crippen LogP contribution is -2.42. The zero-order chi connectivity index (χ0) is 8.48. The Morgan fingerprint density at radius 1 is 1.55 bits per heavy atom. The molecular formula is C7H13NO2S. The predicted molar refractivity (Wildman–Crippen MR) is 46.2 cm³/mol. The first kappa shape index (κ1) is 8.71. The van der Waals surface area contributed by atoms with Crippen LogP contribution in [-0.4, -0.2) is 33.9 Å². The Morgan fingerprint density at radius 3 is 2.36 bits per heavy atom. The molecule has 0 spiro atoms. The molecular weight excluding hydrogens is 162 g/mol. The van der Waals surface area contributed by atoms with Gasteiger partial charge < -0.3 is 10.0 Å². The quantitative estimate of drug-likeness (QED) is 0.547. The Labute approximate surface area is 71.8 Å². The predicted octanol–water partition coefficient (Wildman–Crippen LogP) is 1.45. The summed E-state index contributed by atoms with van der Waals surface area (Å²) >= 11 is 4.41. The van der Waals surface area contributed by atoms with Gasteiger partial charge in [0.1, 0.15) is 0 Å². The van der Waals surface area contributed by atoms with Crippen LogP contribution in [0.2, 0.25) is 0 Å². The Hall–Kier alpha value is -0.380. The average Bonchev–Trinajstić information content (AvgIpc) is 1.86. The van der Waals surface area contributed by atoms with Gasteiger partial charge in [0, 0.05) is 17.8 Å². The van der Waals surface area contributed by atoms with Gasteiger partial charge in [-0.2, -0.15) is 12.6 Å². The van der Waals surface area contributed by atoms with E-state index in [-0.39, 0.29) is 4.75 Å². The van der Waals surface area contributed by atoms with E-state index in [2.05, 4.69) is 19.6 Å². The minimum Gasteiger partial charge on any atom is -0.465 e. The average molecular weight is 175 g/mol. The summed E-state index contributed by atoms with van der Waals surface area (Å²) in [6.45, 7) is 3.29. The molecule has 0 radical (unpaired) electrons. The maximum Gasteiger partial charge on any atom is 0.407 e. The fraction of sp³-hybridized carbons (Fsp3) is 0.857. The highest BCUT2D eigenvalue weighted by Gasteiger charge is 2.28. The molecule has 0 atom stereocenters. The number of nitrogens with zero attached hydrogens (tertiary/aromatic N) is 1. The van der Waals surface area contributed by atoms with Gasteiger partial charge in [0.2, 0.25) is 0 Å². The summed E-state index contributed by atoms with van der Waals surface area (Å²) in [5.41, 5.74) is 0. The van der Waals surface area contributed by atoms with Gasteiger partial charge in [0.25, 0.3) is 0 Å². The number of rotatable bonds is 0. The number of hydrogen-bond donors (Lipinski definition) is 2. The van der Waals surface area contributed by atoms with E-state index in [4.69, 9.17) is 5.11 Å². The molecule has 1 rings (SSSR count). The highest BCUT2D eigenvalue weighted by molar-refractivity contribution is 7.81. The Bertz CT molecular complexity index is 160. The molecule has 1 N–H and O–H groups in total. The van der Waals surface area contributed by atoms with Crippen molar-refractivity contribution in [1.82, 2.24) is 4.90 Å². The van der Waals surface area contributed by atoms with Crippen LogP contribution in [0.4, 0.5) is 4.79 Å². The normalized spacial score (nSPS) is 23.3. The second kappa shape index (κ2) is 2.93. The first-order valence-electron chi connectivity index (χ1n) is 3.71. The number of thiol groups is 1. The molecule has 1 heterocycles. The molecule has 0 aliphatic carbocycles. The molecule has 3 nitrogen and oxygen atoms in total. The van der Waals surface area contributed by atoms with Gasteiger partial charge in [-0.1, -0.05) is 6.92 Å². The van der Waals surface area contributed by atoms with E-state index in [1.807, 2.05) is 0 Å². The van der Waals surface area contributed by atoms with E-state index in [1.54, 1.807) is 0 Å². The first-order chi connectivity index (χ1) is 5.01. The van der Waals surface area contributed by atoms with Gasteiger partial charge in [-0.25, -0.2) is 4.79 Å². The topological polar surface area (TPSA) is 40.5 Å². The Balaban J connectivity index is 2.42. The largest absolute Gasteiger partial charge is 0.465 e.